The summed E-state index contributed by atoms with van der Waals surface area (Å²) in [5.74, 6) is -0.949. The first kappa shape index (κ1) is 24.3. The van der Waals surface area contributed by atoms with Gasteiger partial charge in [0.15, 0.2) is 11.2 Å². The third kappa shape index (κ3) is 3.20. The summed E-state index contributed by atoms with van der Waals surface area (Å²) in [6, 6.07) is 19.8. The minimum atomic E-state index is -2.04. The minimum Gasteiger partial charge on any atom is -0.479 e. The molecular formula is C29H25FN4O4. The molecule has 0 spiro atoms. The maximum atomic E-state index is 13.8. The van der Waals surface area contributed by atoms with E-state index in [1.807, 2.05) is 35.2 Å². The zero-order chi connectivity index (χ0) is 26.7. The standard InChI is InChI=1S/C29H25FN4O4/c1-32-23-12-22-25(27(33-23)37-2)28(36)26(35)21(16-34-14-20(30)15-34)24(18-6-4-3-5-7-18)29(28,38-22)19-10-8-17(13-31)9-11-19/h3-12,20-21,24,26,35-36H,14-16H2,2H3/t21-,24-,26-,28+,29+/m1/s1. The molecule has 2 N–H and O–H groups in total. The molecule has 2 fully saturated rings. The fourth-order valence-corrected chi connectivity index (χ4v) is 6.57. The lowest BCUT2D eigenvalue weighted by molar-refractivity contribution is -0.153. The summed E-state index contributed by atoms with van der Waals surface area (Å²) in [6.45, 7) is 8.32. The lowest BCUT2D eigenvalue weighted by Crippen LogP contribution is -2.52. The van der Waals surface area contributed by atoms with Gasteiger partial charge in [-0.1, -0.05) is 54.0 Å². The van der Waals surface area contributed by atoms with Crippen molar-refractivity contribution in [2.24, 2.45) is 5.92 Å². The lowest BCUT2D eigenvalue weighted by atomic mass is 9.70. The molecule has 192 valence electrons. The average molecular weight is 513 g/mol. The molecule has 2 aliphatic heterocycles. The predicted molar refractivity (Wildman–Crippen MR) is 134 cm³/mol. The SMILES string of the molecule is [C-]#[N+]c1cc2c(c(OC)n1)[C@]1(O)[C@H](O)[C@H](CN3CC(F)C3)[C@@H](c3ccccc3)[C@]1(c1ccc(C#N)cc1)O2. The van der Waals surface area contributed by atoms with Gasteiger partial charge in [0, 0.05) is 37.5 Å². The van der Waals surface area contributed by atoms with Gasteiger partial charge >= 0.3 is 5.88 Å². The highest BCUT2D eigenvalue weighted by Crippen LogP contribution is 2.70. The molecule has 38 heavy (non-hydrogen) atoms. The van der Waals surface area contributed by atoms with Crippen molar-refractivity contribution in [2.45, 2.75) is 29.4 Å². The molecule has 3 aliphatic rings. The first-order valence-electron chi connectivity index (χ1n) is 12.4. The first-order valence-corrected chi connectivity index (χ1v) is 12.4. The van der Waals surface area contributed by atoms with Crippen molar-refractivity contribution in [3.05, 3.63) is 94.3 Å². The van der Waals surface area contributed by atoms with E-state index in [0.717, 1.165) is 5.56 Å². The maximum absolute atomic E-state index is 13.8. The Morgan fingerprint density at radius 3 is 2.55 bits per heavy atom. The van der Waals surface area contributed by atoms with Crippen molar-refractivity contribution in [3.63, 3.8) is 0 Å². The molecule has 0 amide bonds. The summed E-state index contributed by atoms with van der Waals surface area (Å²) in [5.41, 5.74) is -1.65. The number of nitriles is 1. The largest absolute Gasteiger partial charge is 0.479 e. The molecule has 2 aromatic carbocycles. The molecule has 1 aliphatic carbocycles. The molecular weight excluding hydrogens is 487 g/mol. The van der Waals surface area contributed by atoms with Gasteiger partial charge in [0.1, 0.15) is 17.5 Å². The van der Waals surface area contributed by atoms with E-state index in [1.165, 1.54) is 13.2 Å². The van der Waals surface area contributed by atoms with Crippen LogP contribution in [-0.4, -0.2) is 59.1 Å². The fraction of sp³-hybridized carbons (Fsp3) is 0.345. The number of alkyl halides is 1. The fourth-order valence-electron chi connectivity index (χ4n) is 6.57. The Labute approximate surface area is 219 Å². The number of aliphatic hydroxyl groups is 2. The van der Waals surface area contributed by atoms with Crippen LogP contribution in [0.4, 0.5) is 10.2 Å². The van der Waals surface area contributed by atoms with E-state index in [2.05, 4.69) is 15.9 Å². The number of benzene rings is 2. The lowest BCUT2D eigenvalue weighted by Gasteiger charge is -2.41. The van der Waals surface area contributed by atoms with E-state index in [4.69, 9.17) is 16.0 Å². The zero-order valence-electron chi connectivity index (χ0n) is 20.6. The summed E-state index contributed by atoms with van der Waals surface area (Å²) in [5, 5.41) is 34.3. The number of halogens is 1. The Morgan fingerprint density at radius 1 is 1.24 bits per heavy atom. The number of likely N-dealkylation sites (tertiary alicyclic amines) is 1. The van der Waals surface area contributed by atoms with Gasteiger partial charge in [-0.25, -0.2) is 4.39 Å². The summed E-state index contributed by atoms with van der Waals surface area (Å²) < 4.78 is 26.1. The predicted octanol–water partition coefficient (Wildman–Crippen LogP) is 3.42. The van der Waals surface area contributed by atoms with Gasteiger partial charge in [-0.2, -0.15) is 5.26 Å². The smallest absolute Gasteiger partial charge is 0.319 e. The van der Waals surface area contributed by atoms with E-state index in [1.54, 1.807) is 24.3 Å². The van der Waals surface area contributed by atoms with Crippen LogP contribution in [-0.2, 0) is 11.2 Å². The highest BCUT2D eigenvalue weighted by Gasteiger charge is 2.77. The molecule has 0 unspecified atom stereocenters. The van der Waals surface area contributed by atoms with Crippen molar-refractivity contribution in [2.75, 3.05) is 26.7 Å². The van der Waals surface area contributed by atoms with Gasteiger partial charge in [-0.05, 0) is 23.3 Å². The van der Waals surface area contributed by atoms with Crippen LogP contribution in [0.2, 0.25) is 0 Å². The minimum absolute atomic E-state index is 0.00851. The summed E-state index contributed by atoms with van der Waals surface area (Å²) in [4.78, 5) is 9.61. The van der Waals surface area contributed by atoms with Crippen LogP contribution in [0.15, 0.2) is 60.7 Å². The van der Waals surface area contributed by atoms with Crippen molar-refractivity contribution in [3.8, 4) is 17.7 Å². The molecule has 0 radical (unpaired) electrons. The summed E-state index contributed by atoms with van der Waals surface area (Å²) >= 11 is 0. The number of hydrogen-bond acceptors (Lipinski definition) is 7. The Hall–Kier alpha value is -4.02. The second-order valence-electron chi connectivity index (χ2n) is 10.1. The van der Waals surface area contributed by atoms with Gasteiger partial charge in [-0.3, -0.25) is 4.90 Å². The van der Waals surface area contributed by atoms with Crippen LogP contribution >= 0.6 is 0 Å². The quantitative estimate of drug-likeness (QED) is 0.505. The van der Waals surface area contributed by atoms with Crippen molar-refractivity contribution in [1.29, 1.82) is 5.26 Å². The number of aliphatic hydroxyl groups excluding tert-OH is 1. The number of pyridine rings is 1. The molecule has 1 aromatic heterocycles. The molecule has 8 nitrogen and oxygen atoms in total. The van der Waals surface area contributed by atoms with Crippen LogP contribution in [0.1, 0.15) is 28.2 Å². The Balaban J connectivity index is 1.64. The van der Waals surface area contributed by atoms with Gasteiger partial charge < -0.3 is 24.5 Å². The summed E-state index contributed by atoms with van der Waals surface area (Å²) in [6.07, 6.45) is -2.29. The first-order chi connectivity index (χ1) is 18.4. The number of fused-ring (bicyclic) bond motifs is 3. The van der Waals surface area contributed by atoms with Gasteiger partial charge in [0.25, 0.3) is 5.82 Å². The average Bonchev–Trinajstić information content (AvgIpc) is 3.30. The van der Waals surface area contributed by atoms with E-state index in [0.29, 0.717) is 17.7 Å². The number of hydrogen-bond donors (Lipinski definition) is 2. The second-order valence-corrected chi connectivity index (χ2v) is 10.1. The topological polar surface area (TPSA) is 103 Å². The second kappa shape index (κ2) is 8.78. The third-order valence-electron chi connectivity index (χ3n) is 8.15. The highest BCUT2D eigenvalue weighted by atomic mass is 19.1. The van der Waals surface area contributed by atoms with Crippen LogP contribution in [0.3, 0.4) is 0 Å². The monoisotopic (exact) mass is 512 g/mol. The maximum Gasteiger partial charge on any atom is 0.319 e. The van der Waals surface area contributed by atoms with Crippen LogP contribution in [0.5, 0.6) is 11.6 Å². The van der Waals surface area contributed by atoms with Crippen molar-refractivity contribution >= 4 is 5.82 Å². The van der Waals surface area contributed by atoms with E-state index in [9.17, 15) is 19.9 Å². The van der Waals surface area contributed by atoms with E-state index >= 15 is 0 Å². The number of rotatable bonds is 5. The van der Waals surface area contributed by atoms with Crippen LogP contribution < -0.4 is 9.47 Å². The molecule has 9 heteroatoms. The molecule has 1 saturated carbocycles. The van der Waals surface area contributed by atoms with Crippen LogP contribution in [0.25, 0.3) is 4.85 Å². The molecule has 6 rings (SSSR count). The number of methoxy groups -OCH3 is 1. The Bertz CT molecular complexity index is 1460. The van der Waals surface area contributed by atoms with Gasteiger partial charge in [0.05, 0.1) is 24.8 Å². The Morgan fingerprint density at radius 2 is 1.95 bits per heavy atom. The van der Waals surface area contributed by atoms with Gasteiger partial charge in [0.2, 0.25) is 0 Å². The number of aromatic nitrogens is 1. The van der Waals surface area contributed by atoms with Gasteiger partial charge in [-0.15, -0.1) is 0 Å². The van der Waals surface area contributed by atoms with Crippen LogP contribution in [0, 0.1) is 23.8 Å². The number of nitrogens with zero attached hydrogens (tertiary/aromatic N) is 4. The third-order valence-corrected chi connectivity index (χ3v) is 8.15. The summed E-state index contributed by atoms with van der Waals surface area (Å²) in [7, 11) is 1.39. The van der Waals surface area contributed by atoms with Crippen molar-refractivity contribution in [1.82, 2.24) is 9.88 Å². The van der Waals surface area contributed by atoms with E-state index in [-0.39, 0.29) is 36.1 Å². The Kier molecular flexibility index (Phi) is 5.62. The van der Waals surface area contributed by atoms with Crippen molar-refractivity contribution < 1.29 is 24.1 Å². The molecule has 3 aromatic rings. The molecule has 1 saturated heterocycles. The number of ether oxygens (including phenoxy) is 2. The normalized spacial score (nSPS) is 29.9. The highest BCUT2D eigenvalue weighted by molar-refractivity contribution is 5.62. The molecule has 5 atom stereocenters. The molecule has 3 heterocycles. The van der Waals surface area contributed by atoms with E-state index < -0.39 is 35.3 Å². The zero-order valence-corrected chi connectivity index (χ0v) is 20.6. The molecule has 0 bridgehead atoms.